The summed E-state index contributed by atoms with van der Waals surface area (Å²) in [6.07, 6.45) is 4.91. The van der Waals surface area contributed by atoms with Gasteiger partial charge >= 0.3 is 5.97 Å². The van der Waals surface area contributed by atoms with Crippen LogP contribution in [0.1, 0.15) is 6.42 Å². The Balaban J connectivity index is 3.71. The molecule has 0 aromatic carbocycles. The van der Waals surface area contributed by atoms with Gasteiger partial charge in [-0.1, -0.05) is 6.58 Å². The van der Waals surface area contributed by atoms with Gasteiger partial charge in [-0.3, -0.25) is 0 Å². The fourth-order valence-electron chi connectivity index (χ4n) is 0.199. The first-order chi connectivity index (χ1) is 3.68. The monoisotopic (exact) mass is 110 g/mol. The van der Waals surface area contributed by atoms with Gasteiger partial charge in [0.25, 0.3) is 0 Å². The van der Waals surface area contributed by atoms with E-state index >= 15 is 0 Å². The summed E-state index contributed by atoms with van der Waals surface area (Å²) in [4.78, 5) is 9.89. The second-order valence-electron chi connectivity index (χ2n) is 1.29. The van der Waals surface area contributed by atoms with Crippen LogP contribution < -0.4 is 0 Å². The molecule has 0 aromatic heterocycles. The van der Waals surface area contributed by atoms with E-state index in [2.05, 4.69) is 12.5 Å². The molecule has 0 saturated heterocycles. The molecule has 0 aliphatic carbocycles. The molecule has 0 rings (SSSR count). The molecule has 0 amide bonds. The zero-order chi connectivity index (χ0) is 6.57. The molecule has 0 unspecified atom stereocenters. The average Bonchev–Trinajstić information content (AvgIpc) is 1.67. The molecule has 0 radical (unpaired) electrons. The third kappa shape index (κ3) is 2.04. The molecule has 0 atom stereocenters. The van der Waals surface area contributed by atoms with Crippen LogP contribution in [-0.4, -0.2) is 11.1 Å². The van der Waals surface area contributed by atoms with E-state index in [0.29, 0.717) is 0 Å². The second-order valence-corrected chi connectivity index (χ2v) is 1.29. The molecule has 8 heavy (non-hydrogen) atoms. The molecule has 1 N–H and O–H groups in total. The number of terminal acetylenes is 1. The smallest absolute Gasteiger partial charge is 0.331 e. The molecule has 0 spiro atoms. The summed E-state index contributed by atoms with van der Waals surface area (Å²) in [6, 6.07) is 0. The normalized spacial score (nSPS) is 7.38. The molecular weight excluding hydrogens is 104 g/mol. The molecule has 0 heterocycles. The molecule has 0 bridgehead atoms. The fraction of sp³-hybridized carbons (Fsp3) is 0.167. The minimum Gasteiger partial charge on any atom is -0.478 e. The molecule has 0 saturated carbocycles. The highest BCUT2D eigenvalue weighted by Crippen LogP contribution is 1.93. The second kappa shape index (κ2) is 2.86. The minimum atomic E-state index is -1.03. The maximum absolute atomic E-state index is 9.89. The van der Waals surface area contributed by atoms with Crippen molar-refractivity contribution in [1.29, 1.82) is 0 Å². The van der Waals surface area contributed by atoms with Crippen molar-refractivity contribution < 1.29 is 9.90 Å². The minimum absolute atomic E-state index is 0.0625. The van der Waals surface area contributed by atoms with Crippen LogP contribution in [0.5, 0.6) is 0 Å². The quantitative estimate of drug-likeness (QED) is 0.418. The summed E-state index contributed by atoms with van der Waals surface area (Å²) < 4.78 is 0. The first-order valence-electron chi connectivity index (χ1n) is 2.03. The Hall–Kier alpha value is -1.23. The van der Waals surface area contributed by atoms with Gasteiger partial charge in [-0.15, -0.1) is 12.3 Å². The third-order valence-corrected chi connectivity index (χ3v) is 0.618. The molecular formula is C6H6O2. The van der Waals surface area contributed by atoms with Gasteiger partial charge in [-0.05, 0) is 0 Å². The van der Waals surface area contributed by atoms with Crippen LogP contribution in [0.3, 0.4) is 0 Å². The summed E-state index contributed by atoms with van der Waals surface area (Å²) >= 11 is 0. The number of hydrogen-bond acceptors (Lipinski definition) is 1. The van der Waals surface area contributed by atoms with Crippen molar-refractivity contribution in [2.24, 2.45) is 0 Å². The van der Waals surface area contributed by atoms with Gasteiger partial charge < -0.3 is 5.11 Å². The van der Waals surface area contributed by atoms with Crippen molar-refractivity contribution in [1.82, 2.24) is 0 Å². The van der Waals surface area contributed by atoms with E-state index in [1.165, 1.54) is 0 Å². The van der Waals surface area contributed by atoms with E-state index < -0.39 is 5.97 Å². The van der Waals surface area contributed by atoms with Crippen molar-refractivity contribution in [3.8, 4) is 12.3 Å². The lowest BCUT2D eigenvalue weighted by atomic mass is 10.2. The largest absolute Gasteiger partial charge is 0.478 e. The Morgan fingerprint density at radius 2 is 2.38 bits per heavy atom. The number of carboxylic acid groups (broad SMARTS) is 1. The average molecular weight is 110 g/mol. The number of rotatable bonds is 2. The Morgan fingerprint density at radius 3 is 2.50 bits per heavy atom. The zero-order valence-corrected chi connectivity index (χ0v) is 4.35. The first-order valence-corrected chi connectivity index (χ1v) is 2.03. The molecule has 42 valence electrons. The van der Waals surface area contributed by atoms with Crippen molar-refractivity contribution in [3.63, 3.8) is 0 Å². The van der Waals surface area contributed by atoms with Crippen molar-refractivity contribution in [3.05, 3.63) is 12.2 Å². The highest BCUT2D eigenvalue weighted by atomic mass is 16.4. The van der Waals surface area contributed by atoms with Gasteiger partial charge in [0.1, 0.15) is 0 Å². The molecule has 0 aromatic rings. The number of carbonyl (C=O) groups is 1. The maximum Gasteiger partial charge on any atom is 0.331 e. The fourth-order valence-corrected chi connectivity index (χ4v) is 0.199. The lowest BCUT2D eigenvalue weighted by Crippen LogP contribution is -1.96. The standard InChI is InChI=1S/C6H6O2/c1-3-4-5(2)6(7)8/h1H,2,4H2,(H,7,8). The van der Waals surface area contributed by atoms with E-state index in [1.54, 1.807) is 0 Å². The van der Waals surface area contributed by atoms with E-state index in [4.69, 9.17) is 11.5 Å². The molecule has 0 aliphatic heterocycles. The third-order valence-electron chi connectivity index (χ3n) is 0.618. The lowest BCUT2D eigenvalue weighted by molar-refractivity contribution is -0.132. The summed E-state index contributed by atoms with van der Waals surface area (Å²) in [5.41, 5.74) is 0.0625. The first kappa shape index (κ1) is 6.77. The predicted molar refractivity (Wildman–Crippen MR) is 30.2 cm³/mol. The van der Waals surface area contributed by atoms with Gasteiger partial charge in [0.2, 0.25) is 0 Å². The number of hydrogen-bond donors (Lipinski definition) is 1. The predicted octanol–water partition coefficient (Wildman–Crippen LogP) is 0.650. The highest BCUT2D eigenvalue weighted by Gasteiger charge is 1.98. The lowest BCUT2D eigenvalue weighted by Gasteiger charge is -1.87. The molecule has 0 aliphatic rings. The van der Waals surface area contributed by atoms with Crippen molar-refractivity contribution >= 4 is 5.97 Å². The van der Waals surface area contributed by atoms with Crippen LogP contribution in [0.15, 0.2) is 12.2 Å². The molecule has 2 nitrogen and oxygen atoms in total. The van der Waals surface area contributed by atoms with Gasteiger partial charge in [-0.25, -0.2) is 4.79 Å². The molecule has 2 heteroatoms. The Morgan fingerprint density at radius 1 is 1.88 bits per heavy atom. The van der Waals surface area contributed by atoms with Gasteiger partial charge in [0.05, 0.1) is 0 Å². The molecule has 0 fully saturated rings. The van der Waals surface area contributed by atoms with E-state index in [0.717, 1.165) is 0 Å². The van der Waals surface area contributed by atoms with Crippen molar-refractivity contribution in [2.45, 2.75) is 6.42 Å². The van der Waals surface area contributed by atoms with Gasteiger partial charge in [-0.2, -0.15) is 0 Å². The summed E-state index contributed by atoms with van der Waals surface area (Å²) in [6.45, 7) is 3.20. The SMILES string of the molecule is C#CCC(=C)C(=O)O. The van der Waals surface area contributed by atoms with Crippen LogP contribution in [0, 0.1) is 12.3 Å². The van der Waals surface area contributed by atoms with Gasteiger partial charge in [0, 0.05) is 12.0 Å². The summed E-state index contributed by atoms with van der Waals surface area (Å²) in [5, 5.41) is 8.12. The van der Waals surface area contributed by atoms with Crippen molar-refractivity contribution in [2.75, 3.05) is 0 Å². The zero-order valence-electron chi connectivity index (χ0n) is 4.35. The Kier molecular flexibility index (Phi) is 2.42. The Labute approximate surface area is 47.8 Å². The number of aliphatic carboxylic acids is 1. The van der Waals surface area contributed by atoms with E-state index in [9.17, 15) is 4.79 Å². The maximum atomic E-state index is 9.89. The van der Waals surface area contributed by atoms with Crippen LogP contribution in [0.4, 0.5) is 0 Å². The topological polar surface area (TPSA) is 37.3 Å². The van der Waals surface area contributed by atoms with E-state index in [-0.39, 0.29) is 12.0 Å². The summed E-state index contributed by atoms with van der Waals surface area (Å²) in [7, 11) is 0. The van der Waals surface area contributed by atoms with Crippen LogP contribution in [0.2, 0.25) is 0 Å². The van der Waals surface area contributed by atoms with Crippen LogP contribution in [-0.2, 0) is 4.79 Å². The highest BCUT2D eigenvalue weighted by molar-refractivity contribution is 5.86. The number of carboxylic acids is 1. The van der Waals surface area contributed by atoms with E-state index in [1.807, 2.05) is 0 Å². The van der Waals surface area contributed by atoms with Crippen LogP contribution >= 0.6 is 0 Å². The Bertz CT molecular complexity index is 150. The van der Waals surface area contributed by atoms with Crippen LogP contribution in [0.25, 0.3) is 0 Å². The summed E-state index contributed by atoms with van der Waals surface area (Å²) in [5.74, 6) is 1.14. The van der Waals surface area contributed by atoms with Gasteiger partial charge in [0.15, 0.2) is 0 Å².